The number of nitrogens with one attached hydrogen (secondary N) is 2. The van der Waals surface area contributed by atoms with Crippen molar-refractivity contribution in [3.05, 3.63) is 52.4 Å². The molecule has 4 heterocycles. The van der Waals surface area contributed by atoms with Crippen LogP contribution in [0.4, 0.5) is 22.2 Å². The van der Waals surface area contributed by atoms with Gasteiger partial charge in [0, 0.05) is 48.7 Å². The summed E-state index contributed by atoms with van der Waals surface area (Å²) in [5, 5.41) is 5.98. The molecule has 2 aliphatic rings. The van der Waals surface area contributed by atoms with Crippen LogP contribution in [0.5, 0.6) is 0 Å². The van der Waals surface area contributed by atoms with Crippen LogP contribution in [0.25, 0.3) is 11.4 Å². The van der Waals surface area contributed by atoms with Crippen LogP contribution in [0.15, 0.2) is 30.3 Å². The van der Waals surface area contributed by atoms with Crippen molar-refractivity contribution >= 4 is 35.1 Å². The SMILES string of the molecule is CCNC(=O)Nc1ccc(-c2nc3c(c(N4CCOCC4)n2)CCN(c2nc(C)cc(Cl)n2)C3)cc1. The first kappa shape index (κ1) is 24.2. The molecule has 188 valence electrons. The third-order valence-corrected chi connectivity index (χ3v) is 6.38. The Balaban J connectivity index is 1.48. The van der Waals surface area contributed by atoms with E-state index in [4.69, 9.17) is 26.3 Å². The monoisotopic (exact) mass is 508 g/mol. The smallest absolute Gasteiger partial charge is 0.319 e. The van der Waals surface area contributed by atoms with Gasteiger partial charge in [0.15, 0.2) is 5.82 Å². The second kappa shape index (κ2) is 10.6. The number of amides is 2. The Morgan fingerprint density at radius 1 is 1.06 bits per heavy atom. The molecule has 0 saturated carbocycles. The van der Waals surface area contributed by atoms with E-state index in [2.05, 4.69) is 30.4 Å². The number of aromatic nitrogens is 4. The van der Waals surface area contributed by atoms with Gasteiger partial charge >= 0.3 is 6.03 Å². The van der Waals surface area contributed by atoms with Gasteiger partial charge in [0.25, 0.3) is 0 Å². The molecule has 1 fully saturated rings. The number of carbonyl (C=O) groups is 1. The topological polar surface area (TPSA) is 108 Å². The molecule has 0 atom stereocenters. The van der Waals surface area contributed by atoms with Crippen molar-refractivity contribution in [2.24, 2.45) is 0 Å². The zero-order valence-electron chi connectivity index (χ0n) is 20.4. The van der Waals surface area contributed by atoms with Crippen molar-refractivity contribution in [3.63, 3.8) is 0 Å². The summed E-state index contributed by atoms with van der Waals surface area (Å²) in [6.45, 7) is 8.61. The van der Waals surface area contributed by atoms with E-state index in [0.717, 1.165) is 54.4 Å². The maximum Gasteiger partial charge on any atom is 0.319 e. The fourth-order valence-electron chi connectivity index (χ4n) is 4.44. The molecule has 1 saturated heterocycles. The number of rotatable bonds is 5. The first-order valence-corrected chi connectivity index (χ1v) is 12.5. The van der Waals surface area contributed by atoms with E-state index in [9.17, 15) is 4.79 Å². The molecule has 0 unspecified atom stereocenters. The molecule has 36 heavy (non-hydrogen) atoms. The molecular formula is C25H29ClN8O2. The molecular weight excluding hydrogens is 480 g/mol. The van der Waals surface area contributed by atoms with Crippen LogP contribution in [-0.2, 0) is 17.7 Å². The van der Waals surface area contributed by atoms with Gasteiger partial charge in [-0.2, -0.15) is 0 Å². The van der Waals surface area contributed by atoms with Crippen LogP contribution in [0.3, 0.4) is 0 Å². The Morgan fingerprint density at radius 2 is 1.83 bits per heavy atom. The predicted octanol–water partition coefficient (Wildman–Crippen LogP) is 3.44. The standard InChI is InChI=1S/C25H29ClN8O2/c1-3-27-25(35)29-18-6-4-17(5-7-18)22-30-20-15-34(24-28-16(2)14-21(26)31-24)9-8-19(20)23(32-22)33-10-12-36-13-11-33/h4-7,14H,3,8-13,15H2,1-2H3,(H2,27,29,35). The van der Waals surface area contributed by atoms with Gasteiger partial charge in [-0.1, -0.05) is 11.6 Å². The van der Waals surface area contributed by atoms with Gasteiger partial charge in [-0.15, -0.1) is 0 Å². The first-order chi connectivity index (χ1) is 17.5. The molecule has 0 aliphatic carbocycles. The van der Waals surface area contributed by atoms with E-state index >= 15 is 0 Å². The minimum Gasteiger partial charge on any atom is -0.378 e. The molecule has 2 aliphatic heterocycles. The highest BCUT2D eigenvalue weighted by Crippen LogP contribution is 2.31. The zero-order chi connectivity index (χ0) is 25.1. The maximum absolute atomic E-state index is 11.9. The lowest BCUT2D eigenvalue weighted by Gasteiger charge is -2.34. The molecule has 10 nitrogen and oxygen atoms in total. The van der Waals surface area contributed by atoms with Gasteiger partial charge < -0.3 is 25.2 Å². The molecule has 11 heteroatoms. The lowest BCUT2D eigenvalue weighted by Crippen LogP contribution is -2.40. The lowest BCUT2D eigenvalue weighted by molar-refractivity contribution is 0.122. The summed E-state index contributed by atoms with van der Waals surface area (Å²) >= 11 is 6.21. The number of halogens is 1. The molecule has 1 aromatic carbocycles. The Bertz CT molecular complexity index is 1230. The predicted molar refractivity (Wildman–Crippen MR) is 140 cm³/mol. The Hall–Kier alpha value is -3.50. The van der Waals surface area contributed by atoms with Crippen LogP contribution < -0.4 is 20.4 Å². The fraction of sp³-hybridized carbons (Fsp3) is 0.400. The summed E-state index contributed by atoms with van der Waals surface area (Å²) in [7, 11) is 0. The number of carbonyl (C=O) groups excluding carboxylic acids is 1. The summed E-state index contributed by atoms with van der Waals surface area (Å²) in [6, 6.07) is 9.09. The van der Waals surface area contributed by atoms with Crippen molar-refractivity contribution in [2.75, 3.05) is 54.5 Å². The highest BCUT2D eigenvalue weighted by atomic mass is 35.5. The average Bonchev–Trinajstić information content (AvgIpc) is 2.88. The number of urea groups is 1. The zero-order valence-corrected chi connectivity index (χ0v) is 21.2. The lowest BCUT2D eigenvalue weighted by atomic mass is 10.0. The molecule has 2 amide bonds. The Kier molecular flexibility index (Phi) is 7.15. The van der Waals surface area contributed by atoms with Gasteiger partial charge in [-0.3, -0.25) is 0 Å². The van der Waals surface area contributed by atoms with E-state index in [-0.39, 0.29) is 6.03 Å². The highest BCUT2D eigenvalue weighted by Gasteiger charge is 2.27. The van der Waals surface area contributed by atoms with E-state index in [1.165, 1.54) is 0 Å². The summed E-state index contributed by atoms with van der Waals surface area (Å²) < 4.78 is 5.58. The fourth-order valence-corrected chi connectivity index (χ4v) is 4.68. The highest BCUT2D eigenvalue weighted by molar-refractivity contribution is 6.29. The average molecular weight is 509 g/mol. The minimum atomic E-state index is -0.233. The molecule has 2 aromatic heterocycles. The maximum atomic E-state index is 11.9. The Morgan fingerprint density at radius 3 is 2.56 bits per heavy atom. The van der Waals surface area contributed by atoms with Crippen LogP contribution in [-0.4, -0.2) is 65.4 Å². The number of anilines is 3. The normalized spacial score (nSPS) is 15.4. The van der Waals surface area contributed by atoms with Crippen molar-refractivity contribution in [2.45, 2.75) is 26.8 Å². The van der Waals surface area contributed by atoms with Crippen molar-refractivity contribution in [1.29, 1.82) is 0 Å². The number of benzene rings is 1. The number of fused-ring (bicyclic) bond motifs is 1. The van der Waals surface area contributed by atoms with Gasteiger partial charge in [-0.05, 0) is 50.6 Å². The number of nitrogens with zero attached hydrogens (tertiary/aromatic N) is 6. The molecule has 0 radical (unpaired) electrons. The van der Waals surface area contributed by atoms with Crippen molar-refractivity contribution in [1.82, 2.24) is 25.3 Å². The second-order valence-corrected chi connectivity index (χ2v) is 9.15. The third-order valence-electron chi connectivity index (χ3n) is 6.19. The summed E-state index contributed by atoms with van der Waals surface area (Å²) in [5.74, 6) is 2.22. The third kappa shape index (κ3) is 5.34. The van der Waals surface area contributed by atoms with E-state index < -0.39 is 0 Å². The molecule has 3 aromatic rings. The molecule has 0 bridgehead atoms. The summed E-state index contributed by atoms with van der Waals surface area (Å²) in [5.41, 5.74) is 4.52. The number of aryl methyl sites for hydroxylation is 1. The van der Waals surface area contributed by atoms with Crippen LogP contribution in [0.1, 0.15) is 23.9 Å². The largest absolute Gasteiger partial charge is 0.378 e. The quantitative estimate of drug-likeness (QED) is 0.504. The van der Waals surface area contributed by atoms with Gasteiger partial charge in [0.1, 0.15) is 11.0 Å². The number of ether oxygens (including phenoxy) is 1. The van der Waals surface area contributed by atoms with Crippen LogP contribution in [0.2, 0.25) is 5.15 Å². The van der Waals surface area contributed by atoms with Crippen molar-refractivity contribution in [3.8, 4) is 11.4 Å². The van der Waals surface area contributed by atoms with E-state index in [1.807, 2.05) is 38.1 Å². The van der Waals surface area contributed by atoms with E-state index in [1.54, 1.807) is 6.07 Å². The molecule has 0 spiro atoms. The summed E-state index contributed by atoms with van der Waals surface area (Å²) in [4.78, 5) is 35.3. The summed E-state index contributed by atoms with van der Waals surface area (Å²) in [6.07, 6.45) is 0.784. The molecule has 2 N–H and O–H groups in total. The Labute approximate surface area is 215 Å². The number of hydrogen-bond donors (Lipinski definition) is 2. The molecule has 5 rings (SSSR count). The van der Waals surface area contributed by atoms with Gasteiger partial charge in [0.2, 0.25) is 5.95 Å². The van der Waals surface area contributed by atoms with Crippen LogP contribution in [0, 0.1) is 6.92 Å². The van der Waals surface area contributed by atoms with Gasteiger partial charge in [-0.25, -0.2) is 24.7 Å². The van der Waals surface area contributed by atoms with Crippen molar-refractivity contribution < 1.29 is 9.53 Å². The second-order valence-electron chi connectivity index (χ2n) is 8.76. The van der Waals surface area contributed by atoms with E-state index in [0.29, 0.717) is 48.9 Å². The minimum absolute atomic E-state index is 0.233. The number of hydrogen-bond acceptors (Lipinski definition) is 8. The first-order valence-electron chi connectivity index (χ1n) is 12.1. The van der Waals surface area contributed by atoms with Gasteiger partial charge in [0.05, 0.1) is 25.5 Å². The number of morpholine rings is 1. The van der Waals surface area contributed by atoms with Crippen LogP contribution >= 0.6 is 11.6 Å².